The fraction of sp³-hybridized carbons (Fsp3) is 0.222. The maximum Gasteiger partial charge on any atom is 0.307 e. The summed E-state index contributed by atoms with van der Waals surface area (Å²) in [5.41, 5.74) is 0.0720. The van der Waals surface area contributed by atoms with E-state index in [9.17, 15) is 22.4 Å². The fourth-order valence-electron chi connectivity index (χ4n) is 2.40. The molecule has 2 rings (SSSR count). The Morgan fingerprint density at radius 2 is 1.82 bits per heavy atom. The number of carbonyl (C=O) groups excluding carboxylic acids is 2. The first-order valence-corrected chi connectivity index (χ1v) is 9.90. The van der Waals surface area contributed by atoms with Crippen LogP contribution in [0, 0.1) is 5.82 Å². The fourth-order valence-corrected chi connectivity index (χ4v) is 3.28. The number of nitrogens with one attached hydrogen (secondary N) is 2. The molecule has 2 aromatic rings. The Labute approximate surface area is 166 Å². The topological polar surface area (TPSA) is 102 Å². The van der Waals surface area contributed by atoms with E-state index in [4.69, 9.17) is 11.6 Å². The summed E-state index contributed by atoms with van der Waals surface area (Å²) in [4.78, 5) is 24.1. The lowest BCUT2D eigenvalue weighted by Crippen LogP contribution is -2.31. The molecule has 0 radical (unpaired) electrons. The lowest BCUT2D eigenvalue weighted by atomic mass is 10.0. The molecule has 1 atom stereocenters. The molecule has 0 heterocycles. The van der Waals surface area contributed by atoms with Crippen molar-refractivity contribution < 1.29 is 27.1 Å². The molecule has 28 heavy (non-hydrogen) atoms. The van der Waals surface area contributed by atoms with E-state index in [1.165, 1.54) is 14.2 Å². The van der Waals surface area contributed by atoms with Crippen LogP contribution in [-0.4, -0.2) is 34.5 Å². The summed E-state index contributed by atoms with van der Waals surface area (Å²) in [5, 5.41) is 2.99. The largest absolute Gasteiger partial charge is 0.469 e. The van der Waals surface area contributed by atoms with Gasteiger partial charge in [-0.3, -0.25) is 9.59 Å². The summed E-state index contributed by atoms with van der Waals surface area (Å²) in [6.07, 6.45) is -0.208. The molecule has 1 unspecified atom stereocenters. The van der Waals surface area contributed by atoms with Gasteiger partial charge in [0.05, 0.1) is 30.0 Å². The summed E-state index contributed by atoms with van der Waals surface area (Å²) in [6.45, 7) is 0. The molecule has 1 amide bonds. The van der Waals surface area contributed by atoms with Gasteiger partial charge in [0.1, 0.15) is 5.82 Å². The average Bonchev–Trinajstić information content (AvgIpc) is 2.68. The Morgan fingerprint density at radius 3 is 2.39 bits per heavy atom. The second-order valence-electron chi connectivity index (χ2n) is 5.71. The number of hydrogen-bond donors (Lipinski definition) is 2. The van der Waals surface area contributed by atoms with Crippen LogP contribution >= 0.6 is 11.6 Å². The molecule has 0 fully saturated rings. The molecule has 150 valence electrons. The summed E-state index contributed by atoms with van der Waals surface area (Å²) >= 11 is 5.85. The minimum atomic E-state index is -3.86. The van der Waals surface area contributed by atoms with E-state index < -0.39 is 39.3 Å². The molecule has 0 aliphatic rings. The summed E-state index contributed by atoms with van der Waals surface area (Å²) in [5.74, 6) is -2.37. The van der Waals surface area contributed by atoms with Crippen LogP contribution in [-0.2, 0) is 19.6 Å². The van der Waals surface area contributed by atoms with E-state index in [-0.39, 0.29) is 11.3 Å². The maximum absolute atomic E-state index is 14.2. The molecule has 0 aliphatic carbocycles. The zero-order valence-corrected chi connectivity index (χ0v) is 16.6. The third kappa shape index (κ3) is 5.28. The quantitative estimate of drug-likeness (QED) is 0.659. The first kappa shape index (κ1) is 21.8. The van der Waals surface area contributed by atoms with E-state index in [1.807, 2.05) is 0 Å². The van der Waals surface area contributed by atoms with Crippen molar-refractivity contribution in [1.29, 1.82) is 0 Å². The summed E-state index contributed by atoms with van der Waals surface area (Å²) < 4.78 is 44.7. The number of methoxy groups -OCH3 is 1. The summed E-state index contributed by atoms with van der Waals surface area (Å²) in [6, 6.07) is 8.39. The number of esters is 1. The van der Waals surface area contributed by atoms with Gasteiger partial charge < -0.3 is 10.1 Å². The highest BCUT2D eigenvalue weighted by molar-refractivity contribution is 7.89. The zero-order valence-electron chi connectivity index (χ0n) is 15.0. The molecule has 7 nitrogen and oxygen atoms in total. The van der Waals surface area contributed by atoms with Gasteiger partial charge in [0.2, 0.25) is 10.0 Å². The van der Waals surface area contributed by atoms with Crippen molar-refractivity contribution in [1.82, 2.24) is 10.0 Å². The van der Waals surface area contributed by atoms with E-state index in [2.05, 4.69) is 14.8 Å². The van der Waals surface area contributed by atoms with Crippen molar-refractivity contribution in [2.24, 2.45) is 0 Å². The number of ether oxygens (including phenoxy) is 1. The monoisotopic (exact) mass is 428 g/mol. The number of benzene rings is 2. The van der Waals surface area contributed by atoms with Gasteiger partial charge in [-0.2, -0.15) is 0 Å². The third-order valence-electron chi connectivity index (χ3n) is 3.94. The van der Waals surface area contributed by atoms with Crippen LogP contribution in [0.15, 0.2) is 47.4 Å². The second-order valence-corrected chi connectivity index (χ2v) is 8.03. The molecular weight excluding hydrogens is 411 g/mol. The normalized spacial score (nSPS) is 12.3. The molecule has 2 aromatic carbocycles. The minimum Gasteiger partial charge on any atom is -0.469 e. The molecule has 0 aromatic heterocycles. The van der Waals surface area contributed by atoms with Crippen LogP contribution in [0.4, 0.5) is 4.39 Å². The molecule has 0 saturated heterocycles. The van der Waals surface area contributed by atoms with Gasteiger partial charge in [0.15, 0.2) is 0 Å². The van der Waals surface area contributed by atoms with E-state index in [0.29, 0.717) is 10.6 Å². The zero-order chi connectivity index (χ0) is 20.9. The van der Waals surface area contributed by atoms with Crippen LogP contribution in [0.1, 0.15) is 28.4 Å². The average molecular weight is 429 g/mol. The number of amides is 1. The number of hydrogen-bond acceptors (Lipinski definition) is 5. The highest BCUT2D eigenvalue weighted by Crippen LogP contribution is 2.22. The Balaban J connectivity index is 2.36. The molecule has 0 spiro atoms. The van der Waals surface area contributed by atoms with Crippen molar-refractivity contribution in [3.63, 3.8) is 0 Å². The number of rotatable bonds is 7. The number of sulfonamides is 1. The Bertz CT molecular complexity index is 980. The smallest absolute Gasteiger partial charge is 0.307 e. The Morgan fingerprint density at radius 1 is 1.18 bits per heavy atom. The maximum atomic E-state index is 14.2. The van der Waals surface area contributed by atoms with Gasteiger partial charge in [-0.05, 0) is 42.9 Å². The van der Waals surface area contributed by atoms with Crippen LogP contribution in [0.5, 0.6) is 0 Å². The lowest BCUT2D eigenvalue weighted by Gasteiger charge is -2.19. The third-order valence-corrected chi connectivity index (χ3v) is 5.60. The lowest BCUT2D eigenvalue weighted by molar-refractivity contribution is -0.141. The van der Waals surface area contributed by atoms with Crippen molar-refractivity contribution in [3.8, 4) is 0 Å². The molecular formula is C18H18ClFN2O5S. The van der Waals surface area contributed by atoms with Gasteiger partial charge in [-0.25, -0.2) is 17.5 Å². The first-order chi connectivity index (χ1) is 13.2. The van der Waals surface area contributed by atoms with Crippen molar-refractivity contribution in [3.05, 3.63) is 64.4 Å². The van der Waals surface area contributed by atoms with Crippen molar-refractivity contribution in [2.45, 2.75) is 17.4 Å². The van der Waals surface area contributed by atoms with Gasteiger partial charge in [0.25, 0.3) is 5.91 Å². The minimum absolute atomic E-state index is 0.208. The Kier molecular flexibility index (Phi) is 7.11. The van der Waals surface area contributed by atoms with Gasteiger partial charge in [0, 0.05) is 5.02 Å². The second kappa shape index (κ2) is 9.13. The molecule has 0 aliphatic heterocycles. The molecule has 0 saturated carbocycles. The van der Waals surface area contributed by atoms with Crippen LogP contribution in [0.3, 0.4) is 0 Å². The van der Waals surface area contributed by atoms with E-state index in [1.54, 1.807) is 24.3 Å². The van der Waals surface area contributed by atoms with Gasteiger partial charge in [-0.15, -0.1) is 0 Å². The number of halogens is 2. The molecule has 10 heteroatoms. The van der Waals surface area contributed by atoms with E-state index in [0.717, 1.165) is 18.2 Å². The molecule has 0 bridgehead atoms. The SMILES string of the molecule is CNS(=O)(=O)c1ccc(F)c(C(=O)NC(CC(=O)OC)c2ccc(Cl)cc2)c1. The van der Waals surface area contributed by atoms with Crippen molar-refractivity contribution >= 4 is 33.5 Å². The predicted molar refractivity (Wildman–Crippen MR) is 101 cm³/mol. The first-order valence-electron chi connectivity index (χ1n) is 8.04. The standard InChI is InChI=1S/C18H18ClFN2O5S/c1-21-28(25,26)13-7-8-15(20)14(9-13)18(24)22-16(10-17(23)27-2)11-3-5-12(19)6-4-11/h3-9,16,21H,10H2,1-2H3,(H,22,24). The van der Waals surface area contributed by atoms with Crippen LogP contribution < -0.4 is 10.0 Å². The Hall–Kier alpha value is -2.49. The molecule has 2 N–H and O–H groups in total. The highest BCUT2D eigenvalue weighted by atomic mass is 35.5. The van der Waals surface area contributed by atoms with Gasteiger partial charge in [-0.1, -0.05) is 23.7 Å². The van der Waals surface area contributed by atoms with E-state index >= 15 is 0 Å². The number of carbonyl (C=O) groups is 2. The predicted octanol–water partition coefficient (Wildman–Crippen LogP) is 2.42. The summed E-state index contributed by atoms with van der Waals surface area (Å²) in [7, 11) is -1.46. The van der Waals surface area contributed by atoms with Gasteiger partial charge >= 0.3 is 5.97 Å². The highest BCUT2D eigenvalue weighted by Gasteiger charge is 2.23. The van der Waals surface area contributed by atoms with Crippen molar-refractivity contribution in [2.75, 3.05) is 14.2 Å². The van der Waals surface area contributed by atoms with Crippen LogP contribution in [0.2, 0.25) is 5.02 Å². The van der Waals surface area contributed by atoms with Crippen LogP contribution in [0.25, 0.3) is 0 Å².